The highest BCUT2D eigenvalue weighted by Crippen LogP contribution is 2.14. The zero-order chi connectivity index (χ0) is 14.6. The molecule has 0 aliphatic carbocycles. The van der Waals surface area contributed by atoms with Crippen LogP contribution in [0.4, 0.5) is 0 Å². The Morgan fingerprint density at radius 1 is 1.25 bits per heavy atom. The summed E-state index contributed by atoms with van der Waals surface area (Å²) in [6, 6.07) is 0.320. The number of rotatable bonds is 5. The molecule has 2 saturated heterocycles. The van der Waals surface area contributed by atoms with Crippen LogP contribution in [-0.4, -0.2) is 68.0 Å². The minimum Gasteiger partial charge on any atom is -0.340 e. The molecule has 1 N–H and O–H groups in total. The molecule has 0 aromatic rings. The molecule has 20 heavy (non-hydrogen) atoms. The molecule has 0 aromatic heterocycles. The van der Waals surface area contributed by atoms with Gasteiger partial charge in [-0.1, -0.05) is 0 Å². The lowest BCUT2D eigenvalue weighted by Crippen LogP contribution is -2.51. The lowest BCUT2D eigenvalue weighted by molar-refractivity contribution is -0.132. The number of sulfonamides is 1. The lowest BCUT2D eigenvalue weighted by Gasteiger charge is -2.32. The van der Waals surface area contributed by atoms with Gasteiger partial charge in [0, 0.05) is 45.2 Å². The number of nitrogens with zero attached hydrogens (tertiary/aromatic N) is 2. The fourth-order valence-corrected chi connectivity index (χ4v) is 4.40. The fraction of sp³-hybridized carbons (Fsp3) is 0.923. The molecule has 0 radical (unpaired) electrons. The predicted octanol–water partition coefficient (Wildman–Crippen LogP) is 0.0125. The minimum atomic E-state index is -3.15. The van der Waals surface area contributed by atoms with Crippen molar-refractivity contribution >= 4 is 15.9 Å². The van der Waals surface area contributed by atoms with Crippen LogP contribution in [0.1, 0.15) is 32.6 Å². The fourth-order valence-electron chi connectivity index (χ4n) is 2.82. The first-order valence-corrected chi connectivity index (χ1v) is 9.09. The van der Waals surface area contributed by atoms with Crippen LogP contribution in [-0.2, 0) is 14.8 Å². The van der Waals surface area contributed by atoms with Gasteiger partial charge in [0.15, 0.2) is 0 Å². The van der Waals surface area contributed by atoms with Crippen molar-refractivity contribution in [2.75, 3.05) is 38.5 Å². The second-order valence-corrected chi connectivity index (χ2v) is 7.81. The molecule has 1 amide bonds. The molecule has 6 nitrogen and oxygen atoms in total. The third-order valence-electron chi connectivity index (χ3n) is 3.97. The van der Waals surface area contributed by atoms with Gasteiger partial charge in [-0.15, -0.1) is 0 Å². The van der Waals surface area contributed by atoms with E-state index >= 15 is 0 Å². The molecule has 0 saturated carbocycles. The molecule has 0 spiro atoms. The number of carbonyl (C=O) groups excluding carboxylic acids is 1. The Bertz CT molecular complexity index is 432. The van der Waals surface area contributed by atoms with Crippen molar-refractivity contribution in [1.29, 1.82) is 0 Å². The lowest BCUT2D eigenvalue weighted by atomic mass is 10.2. The van der Waals surface area contributed by atoms with Gasteiger partial charge in [0.2, 0.25) is 15.9 Å². The molecule has 2 rings (SSSR count). The molecule has 2 aliphatic heterocycles. The Balaban J connectivity index is 1.73. The molecule has 0 aromatic carbocycles. The van der Waals surface area contributed by atoms with E-state index in [-0.39, 0.29) is 11.7 Å². The zero-order valence-corrected chi connectivity index (χ0v) is 13.0. The molecule has 2 fully saturated rings. The maximum atomic E-state index is 12.0. The van der Waals surface area contributed by atoms with Crippen molar-refractivity contribution < 1.29 is 13.2 Å². The average Bonchev–Trinajstić information content (AvgIpc) is 2.93. The van der Waals surface area contributed by atoms with E-state index in [1.807, 2.05) is 4.90 Å². The van der Waals surface area contributed by atoms with Gasteiger partial charge in [0.05, 0.1) is 5.75 Å². The molecule has 0 bridgehead atoms. The van der Waals surface area contributed by atoms with Gasteiger partial charge in [0.1, 0.15) is 0 Å². The van der Waals surface area contributed by atoms with E-state index in [4.69, 9.17) is 0 Å². The van der Waals surface area contributed by atoms with E-state index in [1.54, 1.807) is 4.31 Å². The van der Waals surface area contributed by atoms with E-state index in [0.717, 1.165) is 32.5 Å². The highest BCUT2D eigenvalue weighted by Gasteiger charge is 2.26. The monoisotopic (exact) mass is 303 g/mol. The first-order valence-electron chi connectivity index (χ1n) is 7.48. The molecule has 2 aliphatic rings. The summed E-state index contributed by atoms with van der Waals surface area (Å²) >= 11 is 0. The predicted molar refractivity (Wildman–Crippen MR) is 77.9 cm³/mol. The van der Waals surface area contributed by atoms with Crippen molar-refractivity contribution in [3.05, 3.63) is 0 Å². The SMILES string of the molecule is CC1CN(C(=O)CCCS(=O)(=O)N2CCCC2)CCN1. The zero-order valence-electron chi connectivity index (χ0n) is 12.2. The van der Waals surface area contributed by atoms with E-state index < -0.39 is 10.0 Å². The third-order valence-corrected chi connectivity index (χ3v) is 5.93. The highest BCUT2D eigenvalue weighted by molar-refractivity contribution is 7.89. The van der Waals surface area contributed by atoms with Crippen LogP contribution in [0, 0.1) is 0 Å². The summed E-state index contributed by atoms with van der Waals surface area (Å²) in [5, 5.41) is 3.29. The van der Waals surface area contributed by atoms with Crippen LogP contribution < -0.4 is 5.32 Å². The van der Waals surface area contributed by atoms with Gasteiger partial charge in [-0.25, -0.2) is 12.7 Å². The quantitative estimate of drug-likeness (QED) is 0.777. The second-order valence-electron chi connectivity index (χ2n) is 5.72. The Hall–Kier alpha value is -0.660. The third kappa shape index (κ3) is 4.17. The second kappa shape index (κ2) is 6.87. The van der Waals surface area contributed by atoms with Crippen molar-refractivity contribution in [2.24, 2.45) is 0 Å². The van der Waals surface area contributed by atoms with Gasteiger partial charge >= 0.3 is 0 Å². The number of hydrogen-bond donors (Lipinski definition) is 1. The topological polar surface area (TPSA) is 69.7 Å². The molecule has 1 atom stereocenters. The van der Waals surface area contributed by atoms with Crippen LogP contribution in [0.3, 0.4) is 0 Å². The smallest absolute Gasteiger partial charge is 0.222 e. The average molecular weight is 303 g/mol. The van der Waals surface area contributed by atoms with Crippen molar-refractivity contribution in [2.45, 2.75) is 38.6 Å². The highest BCUT2D eigenvalue weighted by atomic mass is 32.2. The van der Waals surface area contributed by atoms with Crippen molar-refractivity contribution in [3.63, 3.8) is 0 Å². The van der Waals surface area contributed by atoms with Crippen LogP contribution in [0.15, 0.2) is 0 Å². The first kappa shape index (κ1) is 15.7. The number of amides is 1. The van der Waals surface area contributed by atoms with E-state index in [2.05, 4.69) is 12.2 Å². The van der Waals surface area contributed by atoms with Crippen LogP contribution in [0.2, 0.25) is 0 Å². The molecule has 1 unspecified atom stereocenters. The molecule has 7 heteroatoms. The van der Waals surface area contributed by atoms with E-state index in [0.29, 0.717) is 32.0 Å². The largest absolute Gasteiger partial charge is 0.340 e. The van der Waals surface area contributed by atoms with E-state index in [9.17, 15) is 13.2 Å². The number of nitrogens with one attached hydrogen (secondary N) is 1. The standard InChI is InChI=1S/C13H25N3O3S/c1-12-11-15(9-6-14-12)13(17)5-4-10-20(18,19)16-7-2-3-8-16/h12,14H,2-11H2,1H3. The summed E-state index contributed by atoms with van der Waals surface area (Å²) in [4.78, 5) is 13.9. The normalized spacial score (nSPS) is 25.1. The number of piperazine rings is 1. The Morgan fingerprint density at radius 2 is 1.95 bits per heavy atom. The Labute approximate surface area is 121 Å². The van der Waals surface area contributed by atoms with Gasteiger partial charge in [-0.3, -0.25) is 4.79 Å². The Kier molecular flexibility index (Phi) is 5.40. The summed E-state index contributed by atoms with van der Waals surface area (Å²) in [6.07, 6.45) is 2.67. The maximum Gasteiger partial charge on any atom is 0.222 e. The molecule has 116 valence electrons. The molecular formula is C13H25N3O3S. The first-order chi connectivity index (χ1) is 9.49. The van der Waals surface area contributed by atoms with Crippen LogP contribution >= 0.6 is 0 Å². The Morgan fingerprint density at radius 3 is 2.60 bits per heavy atom. The van der Waals surface area contributed by atoms with Gasteiger partial charge < -0.3 is 10.2 Å². The number of hydrogen-bond acceptors (Lipinski definition) is 4. The molecule has 2 heterocycles. The van der Waals surface area contributed by atoms with Crippen LogP contribution in [0.25, 0.3) is 0 Å². The summed E-state index contributed by atoms with van der Waals surface area (Å²) in [5.41, 5.74) is 0. The number of carbonyl (C=O) groups is 1. The van der Waals surface area contributed by atoms with Crippen molar-refractivity contribution in [3.8, 4) is 0 Å². The van der Waals surface area contributed by atoms with E-state index in [1.165, 1.54) is 0 Å². The van der Waals surface area contributed by atoms with Crippen LogP contribution in [0.5, 0.6) is 0 Å². The van der Waals surface area contributed by atoms with Gasteiger partial charge in [-0.05, 0) is 26.2 Å². The summed E-state index contributed by atoms with van der Waals surface area (Å²) in [5.74, 6) is 0.176. The summed E-state index contributed by atoms with van der Waals surface area (Å²) in [7, 11) is -3.15. The summed E-state index contributed by atoms with van der Waals surface area (Å²) < 4.78 is 25.6. The minimum absolute atomic E-state index is 0.0787. The summed E-state index contributed by atoms with van der Waals surface area (Å²) in [6.45, 7) is 5.60. The molecular weight excluding hydrogens is 278 g/mol. The van der Waals surface area contributed by atoms with Gasteiger partial charge in [-0.2, -0.15) is 0 Å². The van der Waals surface area contributed by atoms with Crippen molar-refractivity contribution in [1.82, 2.24) is 14.5 Å². The maximum absolute atomic E-state index is 12.0. The van der Waals surface area contributed by atoms with Gasteiger partial charge in [0.25, 0.3) is 0 Å².